The van der Waals surface area contributed by atoms with E-state index in [9.17, 15) is 28.1 Å². The van der Waals surface area contributed by atoms with Crippen LogP contribution in [-0.2, 0) is 10.9 Å². The molecule has 2 aromatic rings. The van der Waals surface area contributed by atoms with Crippen molar-refractivity contribution in [3.8, 4) is 11.5 Å². The van der Waals surface area contributed by atoms with Crippen molar-refractivity contribution in [1.29, 1.82) is 0 Å². The Hall–Kier alpha value is -3.21. The molecule has 0 radical (unpaired) electrons. The Bertz CT molecular complexity index is 924. The van der Waals surface area contributed by atoms with Crippen LogP contribution in [0.1, 0.15) is 25.3 Å². The van der Waals surface area contributed by atoms with E-state index >= 15 is 0 Å². The second kappa shape index (κ2) is 10.0. The minimum atomic E-state index is -4.57. The number of hydrazine groups is 1. The molecule has 30 heavy (non-hydrogen) atoms. The Labute approximate surface area is 174 Å². The SMILES string of the molecule is CCCCOC(=O)NNc1cc(Oc2ccc(C(F)(F)F)cc2Cl)ccc1[N+](=O)[O-]. The lowest BCUT2D eigenvalue weighted by molar-refractivity contribution is -0.384. The summed E-state index contributed by atoms with van der Waals surface area (Å²) in [5.74, 6) is -0.0534. The van der Waals surface area contributed by atoms with Gasteiger partial charge in [0.15, 0.2) is 0 Å². The zero-order chi connectivity index (χ0) is 22.3. The number of anilines is 1. The van der Waals surface area contributed by atoms with Crippen LogP contribution in [0.4, 0.5) is 29.3 Å². The second-order valence-corrected chi connectivity index (χ2v) is 6.33. The quantitative estimate of drug-likeness (QED) is 0.296. The van der Waals surface area contributed by atoms with Crippen molar-refractivity contribution >= 4 is 29.1 Å². The Morgan fingerprint density at radius 3 is 2.57 bits per heavy atom. The number of unbranched alkanes of at least 4 members (excludes halogenated alkanes) is 1. The summed E-state index contributed by atoms with van der Waals surface area (Å²) in [5.41, 5.74) is 3.06. The number of amides is 1. The van der Waals surface area contributed by atoms with Gasteiger partial charge in [-0.25, -0.2) is 10.2 Å². The number of nitrogens with one attached hydrogen (secondary N) is 2. The average Bonchev–Trinajstić information content (AvgIpc) is 2.67. The van der Waals surface area contributed by atoms with Gasteiger partial charge in [0.25, 0.3) is 5.69 Å². The molecule has 0 heterocycles. The summed E-state index contributed by atoms with van der Waals surface area (Å²) < 4.78 is 48.5. The maximum absolute atomic E-state index is 12.7. The number of halogens is 4. The maximum atomic E-state index is 12.7. The van der Waals surface area contributed by atoms with E-state index in [4.69, 9.17) is 21.1 Å². The Kier molecular flexibility index (Phi) is 7.70. The highest BCUT2D eigenvalue weighted by molar-refractivity contribution is 6.32. The van der Waals surface area contributed by atoms with Crippen molar-refractivity contribution in [2.45, 2.75) is 25.9 Å². The number of carbonyl (C=O) groups is 1. The van der Waals surface area contributed by atoms with Crippen LogP contribution in [0.25, 0.3) is 0 Å². The topological polar surface area (TPSA) is 103 Å². The highest BCUT2D eigenvalue weighted by atomic mass is 35.5. The monoisotopic (exact) mass is 447 g/mol. The average molecular weight is 448 g/mol. The molecule has 2 rings (SSSR count). The number of ether oxygens (including phenoxy) is 2. The fourth-order valence-electron chi connectivity index (χ4n) is 2.19. The minimum absolute atomic E-state index is 0.0332. The number of nitro benzene ring substituents is 1. The number of nitro groups is 1. The Balaban J connectivity index is 2.17. The molecule has 0 spiro atoms. The van der Waals surface area contributed by atoms with Crippen LogP contribution in [0.3, 0.4) is 0 Å². The summed E-state index contributed by atoms with van der Waals surface area (Å²) in [6.45, 7) is 2.10. The highest BCUT2D eigenvalue weighted by Gasteiger charge is 2.31. The first-order chi connectivity index (χ1) is 14.1. The molecule has 0 fully saturated rings. The van der Waals surface area contributed by atoms with E-state index in [1.54, 1.807) is 0 Å². The Morgan fingerprint density at radius 2 is 1.97 bits per heavy atom. The van der Waals surface area contributed by atoms with E-state index in [0.717, 1.165) is 24.6 Å². The van der Waals surface area contributed by atoms with Crippen LogP contribution in [0.2, 0.25) is 5.02 Å². The van der Waals surface area contributed by atoms with Gasteiger partial charge in [0.05, 0.1) is 22.1 Å². The number of carbonyl (C=O) groups excluding carboxylic acids is 1. The molecule has 0 unspecified atom stereocenters. The third kappa shape index (κ3) is 6.41. The van der Waals surface area contributed by atoms with E-state index in [1.165, 1.54) is 12.1 Å². The van der Waals surface area contributed by atoms with Crippen molar-refractivity contribution < 1.29 is 32.4 Å². The molecule has 0 aliphatic heterocycles. The first-order valence-electron chi connectivity index (χ1n) is 8.63. The van der Waals surface area contributed by atoms with Gasteiger partial charge in [-0.1, -0.05) is 24.9 Å². The zero-order valence-electron chi connectivity index (χ0n) is 15.6. The van der Waals surface area contributed by atoms with Crippen LogP contribution in [0.5, 0.6) is 11.5 Å². The molecule has 0 aliphatic rings. The van der Waals surface area contributed by atoms with Crippen molar-refractivity contribution in [2.75, 3.05) is 12.0 Å². The zero-order valence-corrected chi connectivity index (χ0v) is 16.3. The molecular weight excluding hydrogens is 431 g/mol. The predicted molar refractivity (Wildman–Crippen MR) is 103 cm³/mol. The van der Waals surface area contributed by atoms with Gasteiger partial charge in [-0.3, -0.25) is 15.5 Å². The van der Waals surface area contributed by atoms with Crippen LogP contribution in [0.15, 0.2) is 36.4 Å². The summed E-state index contributed by atoms with van der Waals surface area (Å²) >= 11 is 5.85. The van der Waals surface area contributed by atoms with E-state index in [-0.39, 0.29) is 34.5 Å². The molecule has 0 aliphatic carbocycles. The normalized spacial score (nSPS) is 11.0. The molecule has 0 aromatic heterocycles. The molecule has 0 saturated heterocycles. The molecular formula is C18H17ClF3N3O5. The summed E-state index contributed by atoms with van der Waals surface area (Å²) in [5, 5.41) is 10.9. The van der Waals surface area contributed by atoms with Gasteiger partial charge in [0.1, 0.15) is 17.2 Å². The summed E-state index contributed by atoms with van der Waals surface area (Å²) in [6, 6.07) is 6.03. The van der Waals surface area contributed by atoms with Crippen LogP contribution >= 0.6 is 11.6 Å². The van der Waals surface area contributed by atoms with Gasteiger partial charge >= 0.3 is 12.3 Å². The summed E-state index contributed by atoms with van der Waals surface area (Å²) in [7, 11) is 0. The molecule has 2 aromatic carbocycles. The molecule has 8 nitrogen and oxygen atoms in total. The van der Waals surface area contributed by atoms with E-state index in [2.05, 4.69) is 10.9 Å². The lowest BCUT2D eigenvalue weighted by Gasteiger charge is -2.13. The van der Waals surface area contributed by atoms with Crippen molar-refractivity contribution in [2.24, 2.45) is 0 Å². The van der Waals surface area contributed by atoms with Gasteiger partial charge in [-0.15, -0.1) is 0 Å². The van der Waals surface area contributed by atoms with Crippen molar-refractivity contribution in [3.63, 3.8) is 0 Å². The predicted octanol–water partition coefficient (Wildman–Crippen LogP) is 5.91. The second-order valence-electron chi connectivity index (χ2n) is 5.92. The lowest BCUT2D eigenvalue weighted by Crippen LogP contribution is -2.30. The van der Waals surface area contributed by atoms with Gasteiger partial charge < -0.3 is 9.47 Å². The molecule has 162 valence electrons. The molecule has 0 bridgehead atoms. The van der Waals surface area contributed by atoms with Crippen molar-refractivity contribution in [1.82, 2.24) is 5.43 Å². The molecule has 0 saturated carbocycles. The van der Waals surface area contributed by atoms with Gasteiger partial charge in [0.2, 0.25) is 0 Å². The third-order valence-corrected chi connectivity index (χ3v) is 3.98. The molecule has 12 heteroatoms. The number of nitrogens with zero attached hydrogens (tertiary/aromatic N) is 1. The Morgan fingerprint density at radius 1 is 1.23 bits per heavy atom. The van der Waals surface area contributed by atoms with Crippen LogP contribution in [0, 0.1) is 10.1 Å². The number of benzene rings is 2. The lowest BCUT2D eigenvalue weighted by atomic mass is 10.2. The fourth-order valence-corrected chi connectivity index (χ4v) is 2.41. The number of rotatable bonds is 8. The number of hydrogen-bond donors (Lipinski definition) is 2. The van der Waals surface area contributed by atoms with Gasteiger partial charge in [0, 0.05) is 12.1 Å². The molecule has 2 N–H and O–H groups in total. The fraction of sp³-hybridized carbons (Fsp3) is 0.278. The molecule has 0 atom stereocenters. The number of hydrogen-bond acceptors (Lipinski definition) is 6. The van der Waals surface area contributed by atoms with Crippen molar-refractivity contribution in [3.05, 3.63) is 57.1 Å². The van der Waals surface area contributed by atoms with E-state index in [1.807, 2.05) is 6.92 Å². The van der Waals surface area contributed by atoms with Gasteiger partial charge in [-0.05, 0) is 30.7 Å². The van der Waals surface area contributed by atoms with E-state index < -0.39 is 22.8 Å². The highest BCUT2D eigenvalue weighted by Crippen LogP contribution is 2.37. The maximum Gasteiger partial charge on any atom is 0.425 e. The van der Waals surface area contributed by atoms with E-state index in [0.29, 0.717) is 12.5 Å². The first-order valence-corrected chi connectivity index (χ1v) is 9.01. The third-order valence-electron chi connectivity index (χ3n) is 3.68. The standard InChI is InChI=1S/C18H17ClF3N3O5/c1-2-3-8-29-17(26)24-23-14-10-12(5-6-15(14)25(27)28)30-16-7-4-11(9-13(16)19)18(20,21)22/h4-7,9-10,23H,2-3,8H2,1H3,(H,24,26). The summed E-state index contributed by atoms with van der Waals surface area (Å²) in [6.07, 6.45) is -3.93. The number of alkyl halides is 3. The van der Waals surface area contributed by atoms with Crippen LogP contribution < -0.4 is 15.6 Å². The minimum Gasteiger partial charge on any atom is -0.456 e. The largest absolute Gasteiger partial charge is 0.456 e. The molecule has 1 amide bonds. The summed E-state index contributed by atoms with van der Waals surface area (Å²) in [4.78, 5) is 22.1. The van der Waals surface area contributed by atoms with Gasteiger partial charge in [-0.2, -0.15) is 13.2 Å². The van der Waals surface area contributed by atoms with Crippen LogP contribution in [-0.4, -0.2) is 17.6 Å². The first kappa shape index (κ1) is 23.1. The smallest absolute Gasteiger partial charge is 0.425 e.